The van der Waals surface area contributed by atoms with Gasteiger partial charge in [-0.1, -0.05) is 89.7 Å². The van der Waals surface area contributed by atoms with Crippen LogP contribution in [0.3, 0.4) is 0 Å². The monoisotopic (exact) mass is 726 g/mol. The molecule has 0 saturated carbocycles. The summed E-state index contributed by atoms with van der Waals surface area (Å²) in [6, 6.07) is 2.87. The third-order valence-corrected chi connectivity index (χ3v) is 9.15. The van der Waals surface area contributed by atoms with Gasteiger partial charge in [0.25, 0.3) is 7.82 Å². The number of quaternary nitrogens is 1. The van der Waals surface area contributed by atoms with Crippen molar-refractivity contribution in [2.45, 2.75) is 122 Å². The number of allylic oxidation sites excluding steroid dienone is 1. The van der Waals surface area contributed by atoms with Gasteiger partial charge in [-0.25, -0.2) is 4.63 Å². The smallest absolute Gasteiger partial charge is 0.300 e. The Kier molecular flexibility index (Phi) is 20.3. The summed E-state index contributed by atoms with van der Waals surface area (Å²) in [5.74, 6) is -0.474. The van der Waals surface area contributed by atoms with Crippen LogP contribution < -0.4 is 15.5 Å². The topological polar surface area (TPSA) is 202 Å². The molecule has 0 radical (unpaired) electrons. The standard InChI is InChI=1S/C34H59N6O9P/c1-5-6-7-8-9-10-11-12-13-14-15-16-18-21-30(41)34(48-50(45,46)47-27-26-40(2,3)4)36-31(42)22-19-17-20-25-35-28-23-24-29(39(43)44)33-32(28)37-49-38-33/h18,21,23-24,30,34,41H,5-17,19-20,22,25-27H2,1-4H3,(H2-,35,36,38,42,45,46)/b21-18+/t30-,34+/m1/s1. The van der Waals surface area contributed by atoms with E-state index in [0.29, 0.717) is 42.5 Å². The van der Waals surface area contributed by atoms with Crippen molar-refractivity contribution in [1.82, 2.24) is 15.6 Å². The summed E-state index contributed by atoms with van der Waals surface area (Å²) in [6.07, 6.45) is 16.4. The molecule has 0 aliphatic rings. The minimum Gasteiger partial charge on any atom is -0.756 e. The van der Waals surface area contributed by atoms with Crippen molar-refractivity contribution in [2.24, 2.45) is 0 Å². The number of unbranched alkanes of at least 4 members (excludes halogenated alkanes) is 13. The minimum absolute atomic E-state index is 0.0564. The molecule has 284 valence electrons. The van der Waals surface area contributed by atoms with Crippen LogP contribution in [0, 0.1) is 10.1 Å². The number of fused-ring (bicyclic) bond motifs is 1. The first-order valence-corrected chi connectivity index (χ1v) is 19.5. The lowest BCUT2D eigenvalue weighted by molar-refractivity contribution is -0.870. The zero-order valence-corrected chi connectivity index (χ0v) is 31.2. The fraction of sp³-hybridized carbons (Fsp3) is 0.735. The molecule has 1 aromatic carbocycles. The molecule has 0 aliphatic carbocycles. The van der Waals surface area contributed by atoms with Gasteiger partial charge < -0.3 is 29.6 Å². The van der Waals surface area contributed by atoms with Crippen molar-refractivity contribution in [3.8, 4) is 0 Å². The molecule has 15 nitrogen and oxygen atoms in total. The predicted octanol–water partition coefficient (Wildman–Crippen LogP) is 6.37. The molecule has 0 saturated heterocycles. The van der Waals surface area contributed by atoms with Crippen LogP contribution in [0.4, 0.5) is 11.4 Å². The number of anilines is 1. The lowest BCUT2D eigenvalue weighted by Crippen LogP contribution is -2.45. The van der Waals surface area contributed by atoms with Gasteiger partial charge >= 0.3 is 5.69 Å². The summed E-state index contributed by atoms with van der Waals surface area (Å²) in [5.41, 5.74) is 0.657. The number of rotatable bonds is 29. The fourth-order valence-electron chi connectivity index (χ4n) is 5.22. The Bertz CT molecular complexity index is 1350. The Hall–Kier alpha value is -2.94. The molecule has 0 fully saturated rings. The highest BCUT2D eigenvalue weighted by atomic mass is 31.2. The van der Waals surface area contributed by atoms with E-state index in [2.05, 4.69) is 32.5 Å². The quantitative estimate of drug-likeness (QED) is 0.0159. The van der Waals surface area contributed by atoms with Crippen LogP contribution in [0.5, 0.6) is 0 Å². The van der Waals surface area contributed by atoms with Crippen LogP contribution in [-0.2, 0) is 18.4 Å². The van der Waals surface area contributed by atoms with Gasteiger partial charge in [0.2, 0.25) is 11.4 Å². The first kappa shape index (κ1) is 43.2. The van der Waals surface area contributed by atoms with Crippen molar-refractivity contribution in [3.63, 3.8) is 0 Å². The van der Waals surface area contributed by atoms with Crippen LogP contribution in [0.25, 0.3) is 11.0 Å². The largest absolute Gasteiger partial charge is 0.756 e. The number of hydrogen-bond acceptors (Lipinski definition) is 12. The van der Waals surface area contributed by atoms with Crippen molar-refractivity contribution in [3.05, 3.63) is 34.4 Å². The molecule has 2 aromatic rings. The summed E-state index contributed by atoms with van der Waals surface area (Å²) in [4.78, 5) is 36.0. The number of aliphatic hydroxyl groups is 1. The number of nitro groups is 1. The predicted molar refractivity (Wildman–Crippen MR) is 191 cm³/mol. The molecule has 2 rings (SSSR count). The van der Waals surface area contributed by atoms with Crippen LogP contribution in [0.1, 0.15) is 110 Å². The zero-order valence-electron chi connectivity index (χ0n) is 30.3. The lowest BCUT2D eigenvalue weighted by Gasteiger charge is -2.31. The highest BCUT2D eigenvalue weighted by Gasteiger charge is 2.26. The second kappa shape index (κ2) is 23.5. The van der Waals surface area contributed by atoms with Crippen LogP contribution >= 0.6 is 7.82 Å². The summed E-state index contributed by atoms with van der Waals surface area (Å²) in [5, 5.41) is 35.0. The van der Waals surface area contributed by atoms with Gasteiger partial charge in [-0.05, 0) is 42.1 Å². The molecule has 16 heteroatoms. The van der Waals surface area contributed by atoms with Gasteiger partial charge in [0, 0.05) is 19.0 Å². The van der Waals surface area contributed by atoms with Crippen LogP contribution in [-0.4, -0.2) is 83.9 Å². The number of likely N-dealkylation sites (N-methyl/N-ethyl adjacent to an activating group) is 1. The van der Waals surface area contributed by atoms with E-state index in [9.17, 15) is 29.5 Å². The van der Waals surface area contributed by atoms with E-state index < -0.39 is 31.0 Å². The lowest BCUT2D eigenvalue weighted by atomic mass is 10.1. The van der Waals surface area contributed by atoms with E-state index >= 15 is 0 Å². The number of nitro benzene ring substituents is 1. The van der Waals surface area contributed by atoms with E-state index in [1.54, 1.807) is 6.08 Å². The van der Waals surface area contributed by atoms with E-state index in [4.69, 9.17) is 9.05 Å². The molecule has 1 unspecified atom stereocenters. The molecular weight excluding hydrogens is 667 g/mol. The van der Waals surface area contributed by atoms with Crippen LogP contribution in [0.15, 0.2) is 28.9 Å². The van der Waals surface area contributed by atoms with Gasteiger partial charge in [-0.3, -0.25) is 24.0 Å². The summed E-state index contributed by atoms with van der Waals surface area (Å²) < 4.78 is 27.9. The van der Waals surface area contributed by atoms with Gasteiger partial charge in [-0.2, -0.15) is 0 Å². The number of phosphoric ester groups is 1. The van der Waals surface area contributed by atoms with E-state index in [1.165, 1.54) is 69.6 Å². The van der Waals surface area contributed by atoms with E-state index in [-0.39, 0.29) is 29.7 Å². The third kappa shape index (κ3) is 18.3. The molecule has 3 atom stereocenters. The average molecular weight is 727 g/mol. The Balaban J connectivity index is 1.78. The van der Waals surface area contributed by atoms with Gasteiger partial charge in [0.15, 0.2) is 11.7 Å². The van der Waals surface area contributed by atoms with Crippen molar-refractivity contribution < 1.29 is 42.4 Å². The molecule has 1 amide bonds. The number of benzene rings is 1. The van der Waals surface area contributed by atoms with Gasteiger partial charge in [-0.15, -0.1) is 0 Å². The average Bonchev–Trinajstić information content (AvgIpc) is 3.54. The Morgan fingerprint density at radius 1 is 1.00 bits per heavy atom. The molecule has 1 aromatic heterocycles. The molecule has 0 aliphatic heterocycles. The van der Waals surface area contributed by atoms with Crippen molar-refractivity contribution in [2.75, 3.05) is 46.2 Å². The SMILES string of the molecule is CCCCCCCCCCCCC/C=C/[C@@H](O)[C@@H](NC(=O)CCCCCNc1ccc([N+](=O)[O-])c2nonc12)OP(=O)([O-])OCC[N+](C)(C)C. The Morgan fingerprint density at radius 2 is 1.62 bits per heavy atom. The Morgan fingerprint density at radius 3 is 2.26 bits per heavy atom. The molecule has 1 heterocycles. The first-order chi connectivity index (χ1) is 23.8. The number of hydrogen-bond donors (Lipinski definition) is 3. The number of amides is 1. The second-order valence-corrected chi connectivity index (χ2v) is 15.1. The fourth-order valence-corrected chi connectivity index (χ4v) is 6.04. The number of non-ortho nitro benzene ring substituents is 1. The number of aromatic nitrogens is 2. The molecule has 3 N–H and O–H groups in total. The maximum Gasteiger partial charge on any atom is 0.300 e. The first-order valence-electron chi connectivity index (χ1n) is 18.0. The van der Waals surface area contributed by atoms with Crippen molar-refractivity contribution in [1.29, 1.82) is 0 Å². The summed E-state index contributed by atoms with van der Waals surface area (Å²) in [7, 11) is 0.845. The molecule has 0 spiro atoms. The number of carbonyl (C=O) groups excluding carboxylic acids is 1. The number of nitrogens with zero attached hydrogens (tertiary/aromatic N) is 4. The zero-order chi connectivity index (χ0) is 36.8. The number of aliphatic hydroxyl groups excluding tert-OH is 1. The normalized spacial score (nSPS) is 14.5. The van der Waals surface area contributed by atoms with E-state index in [0.717, 1.165) is 25.7 Å². The molecule has 0 bridgehead atoms. The maximum absolute atomic E-state index is 12.8. The summed E-state index contributed by atoms with van der Waals surface area (Å²) >= 11 is 0. The maximum atomic E-state index is 12.8. The highest BCUT2D eigenvalue weighted by Crippen LogP contribution is 2.40. The molecule has 50 heavy (non-hydrogen) atoms. The third-order valence-electron chi connectivity index (χ3n) is 8.16. The number of phosphoric acid groups is 1. The second-order valence-electron chi connectivity index (χ2n) is 13.7. The summed E-state index contributed by atoms with van der Waals surface area (Å²) in [6.45, 7) is 3.03. The van der Waals surface area contributed by atoms with Gasteiger partial charge in [0.1, 0.15) is 19.3 Å². The van der Waals surface area contributed by atoms with Crippen LogP contribution in [0.2, 0.25) is 0 Å². The van der Waals surface area contributed by atoms with Crippen molar-refractivity contribution >= 4 is 36.1 Å². The number of nitrogens with one attached hydrogen (secondary N) is 2. The highest BCUT2D eigenvalue weighted by molar-refractivity contribution is 7.45. The minimum atomic E-state index is -4.84. The number of carbonyl (C=O) groups is 1. The van der Waals surface area contributed by atoms with Gasteiger partial charge in [0.05, 0.1) is 31.8 Å². The van der Waals surface area contributed by atoms with E-state index in [1.807, 2.05) is 21.1 Å². The molecular formula is C34H59N6O9P. The Labute approximate surface area is 296 Å².